The van der Waals surface area contributed by atoms with Gasteiger partial charge in [-0.1, -0.05) is 66.7 Å². The number of phenolic OH excluding ortho intramolecular Hbond substituents is 1. The number of aryl methyl sites for hydroxylation is 1. The van der Waals surface area contributed by atoms with E-state index in [2.05, 4.69) is 78.8 Å². The molecule has 0 saturated carbocycles. The van der Waals surface area contributed by atoms with E-state index in [1.54, 1.807) is 0 Å². The number of fused-ring (bicyclic) bond motifs is 3. The summed E-state index contributed by atoms with van der Waals surface area (Å²) in [6.45, 7) is 15.3. The van der Waals surface area contributed by atoms with Gasteiger partial charge in [0, 0.05) is 36.1 Å². The molecule has 3 nitrogen and oxygen atoms in total. The molecule has 1 heterocycles. The standard InChI is InChI=1S/C29H39NO2/c1-27(2,3)22-16-20(17-23(26(22)32)28(4,5)6)18-9-11-21-19(15-18)10-12-24-29(21,7)14-13-25(31)30(24)8/h9,11,15-17,24,32H,10,12-14H2,1-8H3/t24-,29-/m1/s1. The summed E-state index contributed by atoms with van der Waals surface area (Å²) in [7, 11) is 1.97. The summed E-state index contributed by atoms with van der Waals surface area (Å²) in [5, 5.41) is 11.1. The molecule has 1 aliphatic heterocycles. The van der Waals surface area contributed by atoms with Crippen molar-refractivity contribution in [3.8, 4) is 16.9 Å². The maximum absolute atomic E-state index is 12.3. The minimum Gasteiger partial charge on any atom is -0.507 e. The van der Waals surface area contributed by atoms with Crippen molar-refractivity contribution in [1.29, 1.82) is 0 Å². The van der Waals surface area contributed by atoms with Gasteiger partial charge in [0.1, 0.15) is 5.75 Å². The average molecular weight is 434 g/mol. The minimum atomic E-state index is -0.145. The summed E-state index contributed by atoms with van der Waals surface area (Å²) in [6, 6.07) is 11.5. The van der Waals surface area contributed by atoms with Crippen LogP contribution in [0.25, 0.3) is 11.1 Å². The van der Waals surface area contributed by atoms with E-state index in [4.69, 9.17) is 0 Å². The van der Waals surface area contributed by atoms with Crippen LogP contribution in [0.3, 0.4) is 0 Å². The fourth-order valence-corrected chi connectivity index (χ4v) is 5.91. The maximum atomic E-state index is 12.3. The summed E-state index contributed by atoms with van der Waals surface area (Å²) >= 11 is 0. The predicted octanol–water partition coefficient (Wildman–Crippen LogP) is 6.48. The molecule has 1 fully saturated rings. The number of rotatable bonds is 1. The predicted molar refractivity (Wildman–Crippen MR) is 132 cm³/mol. The molecule has 4 rings (SSSR count). The fraction of sp³-hybridized carbons (Fsp3) is 0.552. The van der Waals surface area contributed by atoms with E-state index in [0.29, 0.717) is 12.2 Å². The number of hydrogen-bond acceptors (Lipinski definition) is 2. The molecule has 0 bridgehead atoms. The molecule has 2 aromatic carbocycles. The van der Waals surface area contributed by atoms with Gasteiger partial charge in [0.15, 0.2) is 0 Å². The Morgan fingerprint density at radius 3 is 2.09 bits per heavy atom. The van der Waals surface area contributed by atoms with Crippen molar-refractivity contribution < 1.29 is 9.90 Å². The number of hydrogen-bond donors (Lipinski definition) is 1. The van der Waals surface area contributed by atoms with E-state index >= 15 is 0 Å². The largest absolute Gasteiger partial charge is 0.507 e. The first-order chi connectivity index (χ1) is 14.7. The van der Waals surface area contributed by atoms with Gasteiger partial charge in [-0.25, -0.2) is 0 Å². The Kier molecular flexibility index (Phi) is 5.27. The summed E-state index contributed by atoms with van der Waals surface area (Å²) in [4.78, 5) is 14.3. The Morgan fingerprint density at radius 2 is 1.53 bits per heavy atom. The zero-order chi connectivity index (χ0) is 23.6. The lowest BCUT2D eigenvalue weighted by Crippen LogP contribution is -2.56. The first kappa shape index (κ1) is 22.9. The first-order valence-electron chi connectivity index (χ1n) is 12.0. The molecule has 1 N–H and O–H groups in total. The van der Waals surface area contributed by atoms with Gasteiger partial charge in [-0.05, 0) is 64.5 Å². The molecule has 172 valence electrons. The van der Waals surface area contributed by atoms with Crippen molar-refractivity contribution in [2.75, 3.05) is 7.05 Å². The van der Waals surface area contributed by atoms with Gasteiger partial charge in [-0.3, -0.25) is 4.79 Å². The lowest BCUT2D eigenvalue weighted by atomic mass is 9.63. The summed E-state index contributed by atoms with van der Waals surface area (Å²) < 4.78 is 0. The second-order valence-corrected chi connectivity index (χ2v) is 12.3. The number of aromatic hydroxyl groups is 1. The van der Waals surface area contributed by atoms with Crippen LogP contribution in [0.2, 0.25) is 0 Å². The molecule has 0 radical (unpaired) electrons. The minimum absolute atomic E-state index is 0.0247. The van der Waals surface area contributed by atoms with Crippen LogP contribution in [0.15, 0.2) is 30.3 Å². The Labute approximate surface area is 193 Å². The lowest BCUT2D eigenvalue weighted by molar-refractivity contribution is -0.138. The summed E-state index contributed by atoms with van der Waals surface area (Å²) in [5.74, 6) is 0.707. The molecule has 3 heteroatoms. The number of piperidine rings is 1. The van der Waals surface area contributed by atoms with Crippen molar-refractivity contribution in [3.63, 3.8) is 0 Å². The molecule has 0 spiro atoms. The molecule has 1 amide bonds. The quantitative estimate of drug-likeness (QED) is 0.559. The highest BCUT2D eigenvalue weighted by molar-refractivity contribution is 5.78. The maximum Gasteiger partial charge on any atom is 0.222 e. The van der Waals surface area contributed by atoms with Crippen LogP contribution in [0.1, 0.15) is 90.0 Å². The second-order valence-electron chi connectivity index (χ2n) is 12.3. The van der Waals surface area contributed by atoms with Gasteiger partial charge in [-0.2, -0.15) is 0 Å². The van der Waals surface area contributed by atoms with Gasteiger partial charge in [0.2, 0.25) is 5.91 Å². The van der Waals surface area contributed by atoms with Crippen molar-refractivity contribution in [1.82, 2.24) is 4.90 Å². The molecule has 0 aromatic heterocycles. The highest BCUT2D eigenvalue weighted by Gasteiger charge is 2.46. The highest BCUT2D eigenvalue weighted by atomic mass is 16.3. The van der Waals surface area contributed by atoms with Crippen LogP contribution in [0.4, 0.5) is 0 Å². The Hall–Kier alpha value is -2.29. The number of amides is 1. The van der Waals surface area contributed by atoms with Crippen LogP contribution in [-0.4, -0.2) is 29.0 Å². The van der Waals surface area contributed by atoms with Gasteiger partial charge in [-0.15, -0.1) is 0 Å². The van der Waals surface area contributed by atoms with Crippen molar-refractivity contribution >= 4 is 5.91 Å². The topological polar surface area (TPSA) is 40.5 Å². The smallest absolute Gasteiger partial charge is 0.222 e. The van der Waals surface area contributed by atoms with Crippen molar-refractivity contribution in [2.45, 2.75) is 96.4 Å². The second kappa shape index (κ2) is 7.37. The normalized spacial score (nSPS) is 23.7. The molecule has 32 heavy (non-hydrogen) atoms. The lowest BCUT2D eigenvalue weighted by Gasteiger charge is -2.50. The summed E-state index contributed by atoms with van der Waals surface area (Å²) in [6.07, 6.45) is 3.57. The number of carbonyl (C=O) groups excluding carboxylic acids is 1. The summed E-state index contributed by atoms with van der Waals surface area (Å²) in [5.41, 5.74) is 6.92. The van der Waals surface area contributed by atoms with E-state index < -0.39 is 0 Å². The van der Waals surface area contributed by atoms with Gasteiger partial charge in [0.25, 0.3) is 0 Å². The molecule has 1 saturated heterocycles. The Balaban J connectivity index is 1.83. The van der Waals surface area contributed by atoms with Crippen LogP contribution >= 0.6 is 0 Å². The molecule has 0 unspecified atom stereocenters. The number of nitrogens with zero attached hydrogens (tertiary/aromatic N) is 1. The van der Waals surface area contributed by atoms with Gasteiger partial charge >= 0.3 is 0 Å². The van der Waals surface area contributed by atoms with E-state index in [-0.39, 0.29) is 28.2 Å². The third-order valence-corrected chi connectivity index (χ3v) is 7.92. The van der Waals surface area contributed by atoms with E-state index in [0.717, 1.165) is 30.4 Å². The number of phenols is 1. The molecule has 2 atom stereocenters. The molecule has 2 aromatic rings. The van der Waals surface area contributed by atoms with Crippen LogP contribution in [0, 0.1) is 0 Å². The number of likely N-dealkylation sites (tertiary alicyclic amines) is 1. The molecule has 1 aliphatic carbocycles. The third kappa shape index (κ3) is 3.64. The molecular formula is C29H39NO2. The van der Waals surface area contributed by atoms with Crippen LogP contribution in [0.5, 0.6) is 5.75 Å². The van der Waals surface area contributed by atoms with Crippen molar-refractivity contribution in [2.24, 2.45) is 0 Å². The van der Waals surface area contributed by atoms with E-state index in [9.17, 15) is 9.90 Å². The third-order valence-electron chi connectivity index (χ3n) is 7.92. The van der Waals surface area contributed by atoms with Gasteiger partial charge in [0.05, 0.1) is 0 Å². The zero-order valence-electron chi connectivity index (χ0n) is 21.1. The van der Waals surface area contributed by atoms with Crippen molar-refractivity contribution in [3.05, 3.63) is 52.6 Å². The fourth-order valence-electron chi connectivity index (χ4n) is 5.91. The highest BCUT2D eigenvalue weighted by Crippen LogP contribution is 2.47. The number of carbonyl (C=O) groups is 1. The monoisotopic (exact) mass is 433 g/mol. The van der Waals surface area contributed by atoms with E-state index in [1.807, 2.05) is 11.9 Å². The van der Waals surface area contributed by atoms with Crippen LogP contribution in [-0.2, 0) is 27.5 Å². The molecular weight excluding hydrogens is 394 g/mol. The number of benzene rings is 2. The Bertz CT molecular complexity index is 1030. The zero-order valence-corrected chi connectivity index (χ0v) is 21.1. The SMILES string of the molecule is CN1C(=O)CC[C@]2(C)c3ccc(-c4cc(C(C)(C)C)c(O)c(C(C)(C)C)c4)cc3CC[C@@H]12. The number of likely N-dealkylation sites (N-methyl/N-ethyl adjacent to an activating group) is 1. The first-order valence-corrected chi connectivity index (χ1v) is 12.0. The average Bonchev–Trinajstić information content (AvgIpc) is 2.69. The van der Waals surface area contributed by atoms with Gasteiger partial charge < -0.3 is 10.0 Å². The van der Waals surface area contributed by atoms with Crippen LogP contribution < -0.4 is 0 Å². The van der Waals surface area contributed by atoms with E-state index in [1.165, 1.54) is 22.3 Å². The Morgan fingerprint density at radius 1 is 0.938 bits per heavy atom. The molecule has 2 aliphatic rings.